The molecule has 0 radical (unpaired) electrons. The highest BCUT2D eigenvalue weighted by Gasteiger charge is 2.25. The molecule has 1 saturated heterocycles. The molecule has 0 unspecified atom stereocenters. The lowest BCUT2D eigenvalue weighted by atomic mass is 10.1. The molecule has 0 aliphatic carbocycles. The second kappa shape index (κ2) is 6.36. The molecule has 0 N–H and O–H groups in total. The van der Waals surface area contributed by atoms with Gasteiger partial charge in [0.1, 0.15) is 5.75 Å². The molecule has 2 atom stereocenters. The quantitative estimate of drug-likeness (QED) is 0.875. The minimum Gasteiger partial charge on any atom is -0.484 e. The van der Waals surface area contributed by atoms with Gasteiger partial charge < -0.3 is 14.4 Å². The summed E-state index contributed by atoms with van der Waals surface area (Å²) in [6.45, 7) is 5.30. The lowest BCUT2D eigenvalue weighted by Gasteiger charge is -2.35. The monoisotopic (exact) mass is 299 g/mol. The first-order valence-electron chi connectivity index (χ1n) is 7.66. The van der Waals surface area contributed by atoms with E-state index in [2.05, 4.69) is 6.07 Å². The van der Waals surface area contributed by atoms with Crippen molar-refractivity contribution in [2.24, 2.45) is 0 Å². The van der Waals surface area contributed by atoms with E-state index in [-0.39, 0.29) is 24.7 Å². The average molecular weight is 299 g/mol. The zero-order chi connectivity index (χ0) is 15.5. The maximum atomic E-state index is 12.3. The Morgan fingerprint density at radius 3 is 2.55 bits per heavy atom. The van der Waals surface area contributed by atoms with Gasteiger partial charge in [-0.3, -0.25) is 4.79 Å². The van der Waals surface area contributed by atoms with Crippen molar-refractivity contribution in [1.29, 1.82) is 0 Å². The fourth-order valence-corrected chi connectivity index (χ4v) is 2.88. The Kier molecular flexibility index (Phi) is 4.29. The number of hydrogen-bond donors (Lipinski definition) is 0. The zero-order valence-corrected chi connectivity index (χ0v) is 13.0. The van der Waals surface area contributed by atoms with Gasteiger partial charge in [-0.2, -0.15) is 0 Å². The first-order valence-corrected chi connectivity index (χ1v) is 7.66. The molecule has 1 heterocycles. The first-order chi connectivity index (χ1) is 10.6. The van der Waals surface area contributed by atoms with Gasteiger partial charge in [-0.1, -0.05) is 30.3 Å². The minimum atomic E-state index is 0.00941. The van der Waals surface area contributed by atoms with Crippen LogP contribution >= 0.6 is 0 Å². The maximum absolute atomic E-state index is 12.3. The molecule has 1 aliphatic rings. The zero-order valence-electron chi connectivity index (χ0n) is 13.0. The Morgan fingerprint density at radius 2 is 1.82 bits per heavy atom. The third-order valence-electron chi connectivity index (χ3n) is 3.86. The summed E-state index contributed by atoms with van der Waals surface area (Å²) in [4.78, 5) is 14.1. The molecule has 4 heteroatoms. The molecule has 22 heavy (non-hydrogen) atoms. The van der Waals surface area contributed by atoms with Crippen LogP contribution in [0.4, 0.5) is 0 Å². The molecule has 1 fully saturated rings. The third-order valence-corrected chi connectivity index (χ3v) is 3.86. The standard InChI is InChI=1S/C18H21NO3/c1-13-10-19(11-14(2)22-13)18(20)12-21-17-8-7-15-5-3-4-6-16(15)9-17/h3-9,13-14H,10-12H2,1-2H3/t13-,14-/m0/s1. The largest absolute Gasteiger partial charge is 0.484 e. The number of nitrogens with zero attached hydrogens (tertiary/aromatic N) is 1. The van der Waals surface area contributed by atoms with Crippen molar-refractivity contribution in [2.45, 2.75) is 26.1 Å². The Hall–Kier alpha value is -2.07. The fraction of sp³-hybridized carbons (Fsp3) is 0.389. The summed E-state index contributed by atoms with van der Waals surface area (Å²) in [7, 11) is 0. The number of carbonyl (C=O) groups is 1. The molecule has 2 aromatic rings. The van der Waals surface area contributed by atoms with Gasteiger partial charge in [-0.25, -0.2) is 0 Å². The van der Waals surface area contributed by atoms with Crippen LogP contribution in [-0.2, 0) is 9.53 Å². The fourth-order valence-electron chi connectivity index (χ4n) is 2.88. The molecule has 4 nitrogen and oxygen atoms in total. The highest BCUT2D eigenvalue weighted by atomic mass is 16.5. The van der Waals surface area contributed by atoms with Crippen molar-refractivity contribution in [3.8, 4) is 5.75 Å². The van der Waals surface area contributed by atoms with Crippen LogP contribution in [-0.4, -0.2) is 42.7 Å². The lowest BCUT2D eigenvalue weighted by molar-refractivity contribution is -0.145. The number of amides is 1. The normalized spacial score (nSPS) is 21.8. The number of carbonyl (C=O) groups excluding carboxylic acids is 1. The van der Waals surface area contributed by atoms with E-state index in [9.17, 15) is 4.79 Å². The van der Waals surface area contributed by atoms with Crippen molar-refractivity contribution >= 4 is 16.7 Å². The predicted octanol–water partition coefficient (Wildman–Crippen LogP) is 2.85. The van der Waals surface area contributed by atoms with Crippen LogP contribution in [0.25, 0.3) is 10.8 Å². The van der Waals surface area contributed by atoms with Crippen LogP contribution in [0, 0.1) is 0 Å². The van der Waals surface area contributed by atoms with Crippen LogP contribution in [0.15, 0.2) is 42.5 Å². The highest BCUT2D eigenvalue weighted by Crippen LogP contribution is 2.20. The number of ether oxygens (including phenoxy) is 2. The molecule has 0 spiro atoms. The number of fused-ring (bicyclic) bond motifs is 1. The van der Waals surface area contributed by atoms with Crippen LogP contribution in [0.5, 0.6) is 5.75 Å². The summed E-state index contributed by atoms with van der Waals surface area (Å²) in [5.41, 5.74) is 0. The Bertz CT molecular complexity index is 660. The van der Waals surface area contributed by atoms with Gasteiger partial charge in [-0.05, 0) is 36.8 Å². The number of rotatable bonds is 3. The molecular weight excluding hydrogens is 278 g/mol. The molecule has 2 aromatic carbocycles. The summed E-state index contributed by atoms with van der Waals surface area (Å²) in [6.07, 6.45) is 0.154. The maximum Gasteiger partial charge on any atom is 0.260 e. The highest BCUT2D eigenvalue weighted by molar-refractivity contribution is 5.84. The van der Waals surface area contributed by atoms with Crippen LogP contribution in [0.1, 0.15) is 13.8 Å². The molecule has 0 aromatic heterocycles. The minimum absolute atomic E-state index is 0.00941. The van der Waals surface area contributed by atoms with Crippen molar-refractivity contribution in [2.75, 3.05) is 19.7 Å². The van der Waals surface area contributed by atoms with Crippen molar-refractivity contribution in [3.05, 3.63) is 42.5 Å². The summed E-state index contributed by atoms with van der Waals surface area (Å²) < 4.78 is 11.3. The van der Waals surface area contributed by atoms with Gasteiger partial charge in [0.25, 0.3) is 5.91 Å². The summed E-state index contributed by atoms with van der Waals surface area (Å²) in [5, 5.41) is 2.28. The average Bonchev–Trinajstić information content (AvgIpc) is 2.51. The summed E-state index contributed by atoms with van der Waals surface area (Å²) >= 11 is 0. The van der Waals surface area contributed by atoms with E-state index < -0.39 is 0 Å². The Labute approximate surface area is 130 Å². The van der Waals surface area contributed by atoms with Crippen molar-refractivity contribution in [3.63, 3.8) is 0 Å². The molecule has 0 saturated carbocycles. The first kappa shape index (κ1) is 14.9. The third kappa shape index (κ3) is 3.39. The topological polar surface area (TPSA) is 38.8 Å². The van der Waals surface area contributed by atoms with E-state index in [1.54, 1.807) is 0 Å². The Balaban J connectivity index is 1.62. The van der Waals surface area contributed by atoms with E-state index in [0.29, 0.717) is 13.1 Å². The van der Waals surface area contributed by atoms with E-state index in [4.69, 9.17) is 9.47 Å². The van der Waals surface area contributed by atoms with Crippen LogP contribution < -0.4 is 4.74 Å². The summed E-state index contributed by atoms with van der Waals surface area (Å²) in [6, 6.07) is 14.0. The van der Waals surface area contributed by atoms with Crippen LogP contribution in [0.2, 0.25) is 0 Å². The molecule has 1 aliphatic heterocycles. The van der Waals surface area contributed by atoms with Gasteiger partial charge in [0, 0.05) is 13.1 Å². The predicted molar refractivity (Wildman–Crippen MR) is 86.0 cm³/mol. The molecule has 116 valence electrons. The lowest BCUT2D eigenvalue weighted by Crippen LogP contribution is -2.49. The number of benzene rings is 2. The van der Waals surface area contributed by atoms with E-state index in [1.165, 1.54) is 0 Å². The molecule has 3 rings (SSSR count). The summed E-state index contributed by atoms with van der Waals surface area (Å²) in [5.74, 6) is 0.733. The number of morpholine rings is 1. The molecule has 1 amide bonds. The van der Waals surface area contributed by atoms with Crippen molar-refractivity contribution in [1.82, 2.24) is 4.90 Å². The van der Waals surface area contributed by atoms with Gasteiger partial charge in [0.15, 0.2) is 6.61 Å². The smallest absolute Gasteiger partial charge is 0.260 e. The Morgan fingerprint density at radius 1 is 1.14 bits per heavy atom. The van der Waals surface area contributed by atoms with Gasteiger partial charge in [0.2, 0.25) is 0 Å². The van der Waals surface area contributed by atoms with E-state index in [1.807, 2.05) is 55.1 Å². The van der Waals surface area contributed by atoms with Gasteiger partial charge in [0.05, 0.1) is 12.2 Å². The molecular formula is C18H21NO3. The molecule has 0 bridgehead atoms. The van der Waals surface area contributed by atoms with Gasteiger partial charge >= 0.3 is 0 Å². The number of hydrogen-bond acceptors (Lipinski definition) is 3. The second-order valence-corrected chi connectivity index (χ2v) is 5.85. The van der Waals surface area contributed by atoms with E-state index >= 15 is 0 Å². The van der Waals surface area contributed by atoms with Crippen LogP contribution in [0.3, 0.4) is 0 Å². The second-order valence-electron chi connectivity index (χ2n) is 5.85. The SMILES string of the molecule is C[C@H]1CN(C(=O)COc2ccc3ccccc3c2)C[C@H](C)O1. The van der Waals surface area contributed by atoms with Crippen molar-refractivity contribution < 1.29 is 14.3 Å². The van der Waals surface area contributed by atoms with Gasteiger partial charge in [-0.15, -0.1) is 0 Å². The van der Waals surface area contributed by atoms with E-state index in [0.717, 1.165) is 16.5 Å².